The number of nitriles is 1. The van der Waals surface area contributed by atoms with Crippen LogP contribution in [0.2, 0.25) is 0 Å². The van der Waals surface area contributed by atoms with Crippen LogP contribution in [0.1, 0.15) is 24.4 Å². The van der Waals surface area contributed by atoms with E-state index in [4.69, 9.17) is 5.26 Å². The summed E-state index contributed by atoms with van der Waals surface area (Å²) in [6.07, 6.45) is 1.19. The van der Waals surface area contributed by atoms with Gasteiger partial charge in [0.2, 0.25) is 10.0 Å². The molecule has 1 N–H and O–H groups in total. The summed E-state index contributed by atoms with van der Waals surface area (Å²) in [7, 11) is -3.63. The third-order valence-corrected chi connectivity index (χ3v) is 5.68. The molecular weight excluding hydrogens is 306 g/mol. The van der Waals surface area contributed by atoms with Crippen LogP contribution in [0, 0.1) is 11.3 Å². The lowest BCUT2D eigenvalue weighted by Gasteiger charge is -2.23. The summed E-state index contributed by atoms with van der Waals surface area (Å²) in [6.45, 7) is 4.26. The first-order valence-electron chi connectivity index (χ1n) is 6.25. The van der Waals surface area contributed by atoms with Gasteiger partial charge in [-0.3, -0.25) is 0 Å². The topological polar surface area (TPSA) is 82.9 Å². The van der Waals surface area contributed by atoms with Crippen molar-refractivity contribution < 1.29 is 8.42 Å². The van der Waals surface area contributed by atoms with Gasteiger partial charge in [0, 0.05) is 23.0 Å². The molecule has 0 spiro atoms. The molecule has 7 heteroatoms. The van der Waals surface area contributed by atoms with E-state index in [0.717, 1.165) is 4.88 Å². The summed E-state index contributed by atoms with van der Waals surface area (Å²) in [5.41, 5.74) is -0.103. The number of rotatable bonds is 5. The summed E-state index contributed by atoms with van der Waals surface area (Å²) in [6, 6.07) is 8.56. The quantitative estimate of drug-likeness (QED) is 0.915. The highest BCUT2D eigenvalue weighted by Gasteiger charge is 2.25. The Balaban J connectivity index is 2.13. The van der Waals surface area contributed by atoms with Gasteiger partial charge in [-0.15, -0.1) is 11.3 Å². The molecule has 2 rings (SSSR count). The molecule has 2 aromatic rings. The highest BCUT2D eigenvalue weighted by atomic mass is 32.2. The second-order valence-electron chi connectivity index (χ2n) is 5.18. The summed E-state index contributed by atoms with van der Waals surface area (Å²) in [5, 5.41) is 10.6. The van der Waals surface area contributed by atoms with Crippen LogP contribution >= 0.6 is 11.3 Å². The van der Waals surface area contributed by atoms with Gasteiger partial charge in [-0.05, 0) is 23.6 Å². The summed E-state index contributed by atoms with van der Waals surface area (Å²) < 4.78 is 27.0. The molecule has 0 saturated carbocycles. The second kappa shape index (κ2) is 5.93. The van der Waals surface area contributed by atoms with Gasteiger partial charge in [0.15, 0.2) is 0 Å². The summed E-state index contributed by atoms with van der Waals surface area (Å²) in [5.74, 6) is 0. The monoisotopic (exact) mass is 321 g/mol. The van der Waals surface area contributed by atoms with Gasteiger partial charge >= 0.3 is 0 Å². The van der Waals surface area contributed by atoms with Crippen LogP contribution in [-0.4, -0.2) is 19.9 Å². The zero-order valence-electron chi connectivity index (χ0n) is 11.7. The molecule has 0 fully saturated rings. The van der Waals surface area contributed by atoms with Crippen LogP contribution in [0.5, 0.6) is 0 Å². The maximum Gasteiger partial charge on any atom is 0.242 e. The van der Waals surface area contributed by atoms with E-state index in [0.29, 0.717) is 0 Å². The molecule has 0 saturated heterocycles. The fourth-order valence-electron chi connectivity index (χ4n) is 1.71. The van der Waals surface area contributed by atoms with Crippen LogP contribution in [0.4, 0.5) is 0 Å². The van der Waals surface area contributed by atoms with Crippen molar-refractivity contribution >= 4 is 21.4 Å². The van der Waals surface area contributed by atoms with Crippen LogP contribution in [-0.2, 0) is 15.4 Å². The molecule has 0 unspecified atom stereocenters. The lowest BCUT2D eigenvalue weighted by molar-refractivity contribution is 0.509. The number of nitrogens with one attached hydrogen (secondary N) is 1. The first-order valence-corrected chi connectivity index (χ1v) is 8.61. The Morgan fingerprint density at radius 3 is 2.67 bits per heavy atom. The molecule has 0 aliphatic carbocycles. The standard InChI is InChI=1S/C14H15N3O2S2/c1-14(2,13-4-3-7-20-13)10-17-21(18,19)12-6-5-11(8-15)16-9-12/h3-7,9,17H,10H2,1-2H3. The van der Waals surface area contributed by atoms with E-state index in [1.165, 1.54) is 18.3 Å². The predicted molar refractivity (Wildman–Crippen MR) is 81.5 cm³/mol. The molecule has 2 aromatic heterocycles. The Kier molecular flexibility index (Phi) is 4.42. The van der Waals surface area contributed by atoms with E-state index in [1.54, 1.807) is 11.3 Å². The van der Waals surface area contributed by atoms with Crippen molar-refractivity contribution in [2.45, 2.75) is 24.2 Å². The Bertz CT molecular complexity index is 743. The third-order valence-electron chi connectivity index (χ3n) is 3.05. The Morgan fingerprint density at radius 2 is 2.14 bits per heavy atom. The van der Waals surface area contributed by atoms with Crippen LogP contribution in [0.25, 0.3) is 0 Å². The first kappa shape index (κ1) is 15.6. The van der Waals surface area contributed by atoms with E-state index in [9.17, 15) is 8.42 Å². The molecule has 0 aliphatic heterocycles. The maximum absolute atomic E-state index is 12.2. The normalized spacial score (nSPS) is 12.0. The fourth-order valence-corrected chi connectivity index (χ4v) is 3.72. The number of hydrogen-bond acceptors (Lipinski definition) is 5. The van der Waals surface area contributed by atoms with E-state index >= 15 is 0 Å². The lowest BCUT2D eigenvalue weighted by Crippen LogP contribution is -2.36. The number of pyridine rings is 1. The van der Waals surface area contributed by atoms with Crippen LogP contribution in [0.15, 0.2) is 40.7 Å². The van der Waals surface area contributed by atoms with Gasteiger partial charge in [-0.2, -0.15) is 5.26 Å². The molecular formula is C14H15N3O2S2. The van der Waals surface area contributed by atoms with E-state index < -0.39 is 10.0 Å². The van der Waals surface area contributed by atoms with Crippen molar-refractivity contribution in [1.29, 1.82) is 5.26 Å². The molecule has 110 valence electrons. The minimum Gasteiger partial charge on any atom is -0.244 e. The van der Waals surface area contributed by atoms with Crippen molar-refractivity contribution in [1.82, 2.24) is 9.71 Å². The Hall–Kier alpha value is -1.75. The summed E-state index contributed by atoms with van der Waals surface area (Å²) >= 11 is 1.60. The van der Waals surface area contributed by atoms with Gasteiger partial charge in [0.1, 0.15) is 16.7 Å². The average Bonchev–Trinajstić information content (AvgIpc) is 3.01. The number of sulfonamides is 1. The lowest BCUT2D eigenvalue weighted by atomic mass is 9.92. The van der Waals surface area contributed by atoms with Crippen LogP contribution < -0.4 is 4.72 Å². The number of hydrogen-bond donors (Lipinski definition) is 1. The average molecular weight is 321 g/mol. The zero-order valence-corrected chi connectivity index (χ0v) is 13.3. The molecule has 21 heavy (non-hydrogen) atoms. The van der Waals surface area contributed by atoms with Gasteiger partial charge in [0.25, 0.3) is 0 Å². The van der Waals surface area contributed by atoms with E-state index in [1.807, 2.05) is 37.4 Å². The minimum absolute atomic E-state index is 0.0588. The molecule has 0 atom stereocenters. The fraction of sp³-hybridized carbons (Fsp3) is 0.286. The molecule has 2 heterocycles. The van der Waals surface area contributed by atoms with Crippen molar-refractivity contribution in [2.24, 2.45) is 0 Å². The molecule has 0 amide bonds. The van der Waals surface area contributed by atoms with Crippen LogP contribution in [0.3, 0.4) is 0 Å². The SMILES string of the molecule is CC(C)(CNS(=O)(=O)c1ccc(C#N)nc1)c1cccs1. The number of thiophene rings is 1. The Labute approximate surface area is 128 Å². The predicted octanol–water partition coefficient (Wildman–Crippen LogP) is 2.27. The summed E-state index contributed by atoms with van der Waals surface area (Å²) in [4.78, 5) is 4.95. The number of aromatic nitrogens is 1. The van der Waals surface area contributed by atoms with E-state index in [2.05, 4.69) is 9.71 Å². The molecule has 0 radical (unpaired) electrons. The highest BCUT2D eigenvalue weighted by Crippen LogP contribution is 2.27. The van der Waals surface area contributed by atoms with Gasteiger partial charge in [0.05, 0.1) is 0 Å². The zero-order chi connectivity index (χ0) is 15.5. The molecule has 0 aliphatic rings. The van der Waals surface area contributed by atoms with Gasteiger partial charge in [-0.25, -0.2) is 18.1 Å². The first-order chi connectivity index (χ1) is 9.85. The van der Waals surface area contributed by atoms with Gasteiger partial charge in [-0.1, -0.05) is 19.9 Å². The number of nitrogens with zero attached hydrogens (tertiary/aromatic N) is 2. The largest absolute Gasteiger partial charge is 0.244 e. The van der Waals surface area contributed by atoms with Crippen molar-refractivity contribution in [3.05, 3.63) is 46.4 Å². The highest BCUT2D eigenvalue weighted by molar-refractivity contribution is 7.89. The smallest absolute Gasteiger partial charge is 0.242 e. The maximum atomic E-state index is 12.2. The van der Waals surface area contributed by atoms with Crippen molar-refractivity contribution in [3.63, 3.8) is 0 Å². The van der Waals surface area contributed by atoms with Crippen molar-refractivity contribution in [3.8, 4) is 6.07 Å². The molecule has 5 nitrogen and oxygen atoms in total. The minimum atomic E-state index is -3.63. The third kappa shape index (κ3) is 3.67. The Morgan fingerprint density at radius 1 is 1.38 bits per heavy atom. The molecule has 0 bridgehead atoms. The second-order valence-corrected chi connectivity index (χ2v) is 7.89. The molecule has 0 aromatic carbocycles. The van der Waals surface area contributed by atoms with Crippen molar-refractivity contribution in [2.75, 3.05) is 6.54 Å². The van der Waals surface area contributed by atoms with Gasteiger partial charge < -0.3 is 0 Å². The van der Waals surface area contributed by atoms with E-state index in [-0.39, 0.29) is 22.5 Å².